The fourth-order valence-electron chi connectivity index (χ4n) is 1.99. The minimum absolute atomic E-state index is 0.273. The first-order valence-corrected chi connectivity index (χ1v) is 8.82. The Kier molecular flexibility index (Phi) is 4.58. The van der Waals surface area contributed by atoms with Gasteiger partial charge in [-0.1, -0.05) is 35.9 Å². The molecule has 0 radical (unpaired) electrons. The third-order valence-electron chi connectivity index (χ3n) is 3.31. The van der Waals surface area contributed by atoms with Crippen LogP contribution in [0.5, 0.6) is 0 Å². The molecule has 0 N–H and O–H groups in total. The first-order chi connectivity index (χ1) is 9.40. The van der Waals surface area contributed by atoms with Crippen LogP contribution >= 0.6 is 0 Å². The van der Waals surface area contributed by atoms with Crippen LogP contribution in [0.15, 0.2) is 47.4 Å². The topological polar surface area (TPSA) is 26.3 Å². The summed E-state index contributed by atoms with van der Waals surface area (Å²) in [5, 5.41) is 0. The van der Waals surface area contributed by atoms with Crippen molar-refractivity contribution < 1.29 is 8.39 Å². The quantitative estimate of drug-likeness (QED) is 0.858. The van der Waals surface area contributed by atoms with E-state index in [9.17, 15) is 4.21 Å². The van der Waals surface area contributed by atoms with Crippen LogP contribution in [0.1, 0.15) is 22.3 Å². The van der Waals surface area contributed by atoms with Gasteiger partial charge in [0.2, 0.25) is 0 Å². The smallest absolute Gasteiger partial charge is 0.173 e. The summed E-state index contributed by atoms with van der Waals surface area (Å²) >= 11 is 5.14. The third kappa shape index (κ3) is 3.45. The van der Waals surface area contributed by atoms with Gasteiger partial charge in [0, 0.05) is 11.2 Å². The predicted molar refractivity (Wildman–Crippen MR) is 85.7 cm³/mol. The van der Waals surface area contributed by atoms with E-state index in [-0.39, 0.29) is 6.61 Å². The Morgan fingerprint density at radius 2 is 1.55 bits per heavy atom. The minimum Gasteiger partial charge on any atom is -0.282 e. The highest BCUT2D eigenvalue weighted by atomic mass is 32.8. The van der Waals surface area contributed by atoms with Crippen LogP contribution in [0, 0.1) is 20.8 Å². The molecule has 0 heterocycles. The first kappa shape index (κ1) is 15.2. The van der Waals surface area contributed by atoms with E-state index in [4.69, 9.17) is 15.4 Å². The van der Waals surface area contributed by atoms with Crippen molar-refractivity contribution in [2.24, 2.45) is 0 Å². The molecule has 0 saturated carbocycles. The average molecular weight is 306 g/mol. The second kappa shape index (κ2) is 6.04. The van der Waals surface area contributed by atoms with Crippen LogP contribution in [0.4, 0.5) is 0 Å². The molecule has 0 fully saturated rings. The fourth-order valence-corrected chi connectivity index (χ4v) is 3.34. The van der Waals surface area contributed by atoms with Crippen molar-refractivity contribution in [2.75, 3.05) is 0 Å². The molecule has 106 valence electrons. The molecule has 2 nitrogen and oxygen atoms in total. The van der Waals surface area contributed by atoms with E-state index in [0.717, 1.165) is 22.3 Å². The Labute approximate surface area is 125 Å². The van der Waals surface area contributed by atoms with Crippen molar-refractivity contribution in [1.29, 1.82) is 0 Å². The zero-order valence-electron chi connectivity index (χ0n) is 11.9. The molecule has 0 aliphatic heterocycles. The van der Waals surface area contributed by atoms with Gasteiger partial charge in [-0.3, -0.25) is 4.18 Å². The van der Waals surface area contributed by atoms with Gasteiger partial charge in [0.25, 0.3) is 0 Å². The monoisotopic (exact) mass is 306 g/mol. The van der Waals surface area contributed by atoms with E-state index >= 15 is 0 Å². The van der Waals surface area contributed by atoms with Crippen LogP contribution in [-0.2, 0) is 30.8 Å². The van der Waals surface area contributed by atoms with Crippen LogP contribution in [0.3, 0.4) is 0 Å². The molecule has 0 amide bonds. The summed E-state index contributed by atoms with van der Waals surface area (Å²) in [6.45, 7) is 6.28. The Bertz CT molecular complexity index is 682. The molecule has 20 heavy (non-hydrogen) atoms. The molecule has 0 saturated heterocycles. The van der Waals surface area contributed by atoms with Gasteiger partial charge >= 0.3 is 0 Å². The van der Waals surface area contributed by atoms with Crippen molar-refractivity contribution in [3.8, 4) is 0 Å². The highest BCUT2D eigenvalue weighted by Gasteiger charge is 2.12. The Morgan fingerprint density at radius 3 is 2.10 bits per heavy atom. The minimum atomic E-state index is -2.88. The lowest BCUT2D eigenvalue weighted by molar-refractivity contribution is 0.334. The largest absolute Gasteiger partial charge is 0.282 e. The zero-order chi connectivity index (χ0) is 14.8. The van der Waals surface area contributed by atoms with Gasteiger partial charge in [-0.2, -0.15) is 0 Å². The molecule has 0 aliphatic rings. The number of hydrogen-bond acceptors (Lipinski definition) is 3. The highest BCUT2D eigenvalue weighted by molar-refractivity contribution is 8.30. The SMILES string of the molecule is Cc1ccc(S(=O)(=S)OCc2c(C)cccc2C)cc1. The molecule has 0 aliphatic carbocycles. The number of hydrogen-bond donors (Lipinski definition) is 0. The van der Waals surface area contributed by atoms with Crippen molar-refractivity contribution in [3.63, 3.8) is 0 Å². The lowest BCUT2D eigenvalue weighted by atomic mass is 10.0. The maximum Gasteiger partial charge on any atom is 0.173 e. The Hall–Kier alpha value is -1.23. The van der Waals surface area contributed by atoms with Crippen molar-refractivity contribution in [2.45, 2.75) is 32.3 Å². The summed E-state index contributed by atoms with van der Waals surface area (Å²) in [5.74, 6) is 0. The van der Waals surface area contributed by atoms with Gasteiger partial charge in [-0.15, -0.1) is 0 Å². The van der Waals surface area contributed by atoms with Crippen LogP contribution in [-0.4, -0.2) is 4.21 Å². The van der Waals surface area contributed by atoms with Crippen LogP contribution in [0.25, 0.3) is 0 Å². The van der Waals surface area contributed by atoms with Crippen molar-refractivity contribution in [3.05, 3.63) is 64.7 Å². The van der Waals surface area contributed by atoms with Gasteiger partial charge < -0.3 is 0 Å². The molecule has 2 aromatic carbocycles. The molecule has 0 aromatic heterocycles. The first-order valence-electron chi connectivity index (χ1n) is 6.41. The summed E-state index contributed by atoms with van der Waals surface area (Å²) in [5.41, 5.74) is 4.41. The van der Waals surface area contributed by atoms with E-state index in [1.165, 1.54) is 0 Å². The molecular weight excluding hydrogens is 288 g/mol. The molecule has 1 atom stereocenters. The number of aryl methyl sites for hydroxylation is 3. The number of rotatable bonds is 4. The van der Waals surface area contributed by atoms with E-state index in [1.807, 2.05) is 51.1 Å². The normalized spacial score (nSPS) is 13.9. The molecule has 0 bridgehead atoms. The van der Waals surface area contributed by atoms with Gasteiger partial charge in [0.05, 0.1) is 11.5 Å². The van der Waals surface area contributed by atoms with Crippen molar-refractivity contribution >= 4 is 20.0 Å². The molecule has 1 unspecified atom stereocenters. The predicted octanol–water partition coefficient (Wildman–Crippen LogP) is 3.85. The second-order valence-electron chi connectivity index (χ2n) is 4.90. The summed E-state index contributed by atoms with van der Waals surface area (Å²) in [4.78, 5) is 0.560. The van der Waals surface area contributed by atoms with Crippen molar-refractivity contribution in [1.82, 2.24) is 0 Å². The second-order valence-corrected chi connectivity index (χ2v) is 7.83. The molecule has 0 spiro atoms. The summed E-state index contributed by atoms with van der Waals surface area (Å²) < 4.78 is 18.0. The summed E-state index contributed by atoms with van der Waals surface area (Å²) in [6.07, 6.45) is 0. The van der Waals surface area contributed by atoms with Gasteiger partial charge in [0.15, 0.2) is 8.77 Å². The molecular formula is C16H18O2S2. The van der Waals surface area contributed by atoms with Gasteiger partial charge in [-0.05, 0) is 49.6 Å². The average Bonchev–Trinajstić information content (AvgIpc) is 2.38. The molecule has 2 aromatic rings. The molecule has 4 heteroatoms. The lowest BCUT2D eigenvalue weighted by Gasteiger charge is -2.12. The zero-order valence-corrected chi connectivity index (χ0v) is 13.5. The standard InChI is InChI=1S/C16H18O2S2/c1-12-7-9-15(10-8-12)20(17,19)18-11-16-13(2)5-4-6-14(16)3/h4-10H,11H2,1-3H3. The molecule has 2 rings (SSSR count). The van der Waals surface area contributed by atoms with Gasteiger partial charge in [0.1, 0.15) is 0 Å². The van der Waals surface area contributed by atoms with Crippen LogP contribution in [0.2, 0.25) is 0 Å². The third-order valence-corrected chi connectivity index (χ3v) is 5.46. The van der Waals surface area contributed by atoms with E-state index < -0.39 is 8.77 Å². The Balaban J connectivity index is 2.20. The highest BCUT2D eigenvalue weighted by Crippen LogP contribution is 2.19. The maximum absolute atomic E-state index is 12.5. The van der Waals surface area contributed by atoms with E-state index in [2.05, 4.69) is 0 Å². The summed E-state index contributed by atoms with van der Waals surface area (Å²) in [6, 6.07) is 13.4. The number of benzene rings is 2. The fraction of sp³-hybridized carbons (Fsp3) is 0.250. The van der Waals surface area contributed by atoms with Gasteiger partial charge in [-0.25, -0.2) is 4.21 Å². The Morgan fingerprint density at radius 1 is 1.00 bits per heavy atom. The summed E-state index contributed by atoms with van der Waals surface area (Å²) in [7, 11) is -2.88. The van der Waals surface area contributed by atoms with Crippen LogP contribution < -0.4 is 0 Å². The lowest BCUT2D eigenvalue weighted by Crippen LogP contribution is -2.07. The van der Waals surface area contributed by atoms with E-state index in [1.54, 1.807) is 12.1 Å². The van der Waals surface area contributed by atoms with E-state index in [0.29, 0.717) is 4.90 Å². The maximum atomic E-state index is 12.5.